The molecule has 0 aliphatic carbocycles. The quantitative estimate of drug-likeness (QED) is 0.689. The number of nitrogens with one attached hydrogen (secondary N) is 1. The highest BCUT2D eigenvalue weighted by Gasteiger charge is 2.18. The fourth-order valence-corrected chi connectivity index (χ4v) is 4.05. The Morgan fingerprint density at radius 2 is 2.17 bits per heavy atom. The number of amides is 1. The van der Waals surface area contributed by atoms with Gasteiger partial charge in [0.2, 0.25) is 5.91 Å². The maximum absolute atomic E-state index is 12.3. The van der Waals surface area contributed by atoms with E-state index in [2.05, 4.69) is 27.9 Å². The lowest BCUT2D eigenvalue weighted by Crippen LogP contribution is -2.30. The van der Waals surface area contributed by atoms with Gasteiger partial charge in [0.05, 0.1) is 22.8 Å². The molecule has 0 aliphatic rings. The van der Waals surface area contributed by atoms with Crippen molar-refractivity contribution in [3.05, 3.63) is 46.7 Å². The number of thioether (sulfide) groups is 1. The fraction of sp³-hybridized carbons (Fsp3) is 0.294. The molecule has 0 bridgehead atoms. The number of para-hydroxylation sites is 2. The number of hydrogen-bond donors (Lipinski definition) is 1. The Bertz CT molecular complexity index is 795. The van der Waals surface area contributed by atoms with Gasteiger partial charge in [-0.25, -0.2) is 4.98 Å². The van der Waals surface area contributed by atoms with Crippen LogP contribution >= 0.6 is 23.1 Å². The Balaban J connectivity index is 1.69. The molecule has 120 valence electrons. The highest BCUT2D eigenvalue weighted by Crippen LogP contribution is 2.27. The van der Waals surface area contributed by atoms with E-state index in [-0.39, 0.29) is 11.2 Å². The number of imidazole rings is 1. The third kappa shape index (κ3) is 3.59. The standard InChI is InChI=1S/C17H19N3OS2/c1-3-20-15-9-5-4-8-14(15)19-17(20)23-12(2)16(21)18-11-13-7-6-10-22-13/h4-10,12H,3,11H2,1-2H3,(H,18,21). The molecule has 3 rings (SSSR count). The van der Waals surface area contributed by atoms with E-state index in [0.29, 0.717) is 6.54 Å². The van der Waals surface area contributed by atoms with E-state index >= 15 is 0 Å². The van der Waals surface area contributed by atoms with Gasteiger partial charge in [-0.3, -0.25) is 4.79 Å². The van der Waals surface area contributed by atoms with Crippen molar-refractivity contribution in [3.8, 4) is 0 Å². The molecule has 0 radical (unpaired) electrons. The van der Waals surface area contributed by atoms with E-state index in [1.165, 1.54) is 11.8 Å². The summed E-state index contributed by atoms with van der Waals surface area (Å²) in [7, 11) is 0. The summed E-state index contributed by atoms with van der Waals surface area (Å²) in [6.07, 6.45) is 0. The second-order valence-electron chi connectivity index (χ2n) is 5.18. The zero-order valence-corrected chi connectivity index (χ0v) is 14.8. The monoisotopic (exact) mass is 345 g/mol. The van der Waals surface area contributed by atoms with Gasteiger partial charge in [-0.15, -0.1) is 11.3 Å². The Kier molecular flexibility index (Phi) is 5.03. The van der Waals surface area contributed by atoms with Crippen molar-refractivity contribution in [2.45, 2.75) is 37.3 Å². The van der Waals surface area contributed by atoms with Gasteiger partial charge in [0.25, 0.3) is 0 Å². The molecule has 1 N–H and O–H groups in total. The van der Waals surface area contributed by atoms with Crippen molar-refractivity contribution < 1.29 is 4.79 Å². The Labute approximate surface area is 143 Å². The molecule has 0 fully saturated rings. The first-order valence-electron chi connectivity index (χ1n) is 7.61. The van der Waals surface area contributed by atoms with Crippen LogP contribution in [0.1, 0.15) is 18.7 Å². The van der Waals surface area contributed by atoms with Crippen LogP contribution in [0.2, 0.25) is 0 Å². The summed E-state index contributed by atoms with van der Waals surface area (Å²) in [5.74, 6) is 0.0399. The average Bonchev–Trinajstić information content (AvgIpc) is 3.19. The zero-order chi connectivity index (χ0) is 16.2. The molecule has 6 heteroatoms. The van der Waals surface area contributed by atoms with Crippen LogP contribution in [0.15, 0.2) is 46.9 Å². The third-order valence-corrected chi connectivity index (χ3v) is 5.57. The van der Waals surface area contributed by atoms with E-state index in [4.69, 9.17) is 0 Å². The highest BCUT2D eigenvalue weighted by atomic mass is 32.2. The van der Waals surface area contributed by atoms with Gasteiger partial charge in [-0.1, -0.05) is 30.0 Å². The number of carbonyl (C=O) groups is 1. The molecule has 23 heavy (non-hydrogen) atoms. The van der Waals surface area contributed by atoms with E-state index in [1.807, 2.05) is 42.6 Å². The number of hydrogen-bond acceptors (Lipinski definition) is 4. The molecular formula is C17H19N3OS2. The largest absolute Gasteiger partial charge is 0.350 e. The van der Waals surface area contributed by atoms with Crippen LogP contribution in [0.4, 0.5) is 0 Å². The molecule has 3 aromatic rings. The average molecular weight is 345 g/mol. The van der Waals surface area contributed by atoms with Crippen LogP contribution in [0, 0.1) is 0 Å². The molecule has 2 aromatic heterocycles. The minimum absolute atomic E-state index is 0.0399. The van der Waals surface area contributed by atoms with Gasteiger partial charge >= 0.3 is 0 Å². The molecule has 0 saturated heterocycles. The Morgan fingerprint density at radius 1 is 1.35 bits per heavy atom. The van der Waals surface area contributed by atoms with E-state index in [0.717, 1.165) is 27.6 Å². The minimum atomic E-state index is -0.183. The van der Waals surface area contributed by atoms with E-state index in [9.17, 15) is 4.79 Å². The summed E-state index contributed by atoms with van der Waals surface area (Å²) in [4.78, 5) is 18.1. The summed E-state index contributed by atoms with van der Waals surface area (Å²) in [5.41, 5.74) is 2.09. The lowest BCUT2D eigenvalue weighted by atomic mass is 10.3. The van der Waals surface area contributed by atoms with Crippen LogP contribution in [0.25, 0.3) is 11.0 Å². The first kappa shape index (κ1) is 16.1. The molecule has 1 atom stereocenters. The maximum atomic E-state index is 12.3. The number of thiophene rings is 1. The van der Waals surface area contributed by atoms with E-state index < -0.39 is 0 Å². The zero-order valence-electron chi connectivity index (χ0n) is 13.2. The summed E-state index contributed by atoms with van der Waals surface area (Å²) < 4.78 is 2.16. The molecule has 0 aliphatic heterocycles. The van der Waals surface area contributed by atoms with Gasteiger partial charge in [0.1, 0.15) is 0 Å². The fourth-order valence-electron chi connectivity index (χ4n) is 2.39. The van der Waals surface area contributed by atoms with Gasteiger partial charge in [0, 0.05) is 11.4 Å². The van der Waals surface area contributed by atoms with Crippen LogP contribution in [0.5, 0.6) is 0 Å². The number of fused-ring (bicyclic) bond motifs is 1. The summed E-state index contributed by atoms with van der Waals surface area (Å²) in [6.45, 7) is 5.45. The van der Waals surface area contributed by atoms with Crippen LogP contribution in [0.3, 0.4) is 0 Å². The van der Waals surface area contributed by atoms with Crippen LogP contribution < -0.4 is 5.32 Å². The highest BCUT2D eigenvalue weighted by molar-refractivity contribution is 8.00. The van der Waals surface area contributed by atoms with Gasteiger partial charge in [-0.05, 0) is 37.4 Å². The molecular weight excluding hydrogens is 326 g/mol. The number of benzene rings is 1. The first-order valence-corrected chi connectivity index (χ1v) is 9.37. The SMILES string of the molecule is CCn1c(SC(C)C(=O)NCc2cccs2)nc2ccccc21. The third-order valence-electron chi connectivity index (χ3n) is 3.60. The molecule has 4 nitrogen and oxygen atoms in total. The summed E-state index contributed by atoms with van der Waals surface area (Å²) in [6, 6.07) is 12.1. The number of aryl methyl sites for hydroxylation is 1. The second-order valence-corrected chi connectivity index (χ2v) is 7.52. The Hall–Kier alpha value is -1.79. The number of carbonyl (C=O) groups excluding carboxylic acids is 1. The topological polar surface area (TPSA) is 46.9 Å². The lowest BCUT2D eigenvalue weighted by Gasteiger charge is -2.12. The minimum Gasteiger partial charge on any atom is -0.350 e. The molecule has 2 heterocycles. The summed E-state index contributed by atoms with van der Waals surface area (Å²) >= 11 is 3.16. The molecule has 0 spiro atoms. The molecule has 1 unspecified atom stereocenters. The van der Waals surface area contributed by atoms with Gasteiger partial charge in [-0.2, -0.15) is 0 Å². The van der Waals surface area contributed by atoms with E-state index in [1.54, 1.807) is 11.3 Å². The Morgan fingerprint density at radius 3 is 2.91 bits per heavy atom. The molecule has 1 aromatic carbocycles. The van der Waals surface area contributed by atoms with Gasteiger partial charge in [0.15, 0.2) is 5.16 Å². The van der Waals surface area contributed by atoms with Crippen LogP contribution in [-0.2, 0) is 17.9 Å². The number of nitrogens with zero attached hydrogens (tertiary/aromatic N) is 2. The predicted molar refractivity (Wildman–Crippen MR) is 96.9 cm³/mol. The van der Waals surface area contributed by atoms with Crippen molar-refractivity contribution in [1.29, 1.82) is 0 Å². The van der Waals surface area contributed by atoms with Gasteiger partial charge < -0.3 is 9.88 Å². The number of rotatable bonds is 6. The number of aromatic nitrogens is 2. The van der Waals surface area contributed by atoms with Crippen LogP contribution in [-0.4, -0.2) is 20.7 Å². The first-order chi connectivity index (χ1) is 11.2. The van der Waals surface area contributed by atoms with Crippen molar-refractivity contribution in [2.75, 3.05) is 0 Å². The van der Waals surface area contributed by atoms with Crippen molar-refractivity contribution >= 4 is 40.0 Å². The normalized spacial score (nSPS) is 12.4. The van der Waals surface area contributed by atoms with Crippen molar-refractivity contribution in [2.24, 2.45) is 0 Å². The maximum Gasteiger partial charge on any atom is 0.233 e. The predicted octanol–water partition coefficient (Wildman–Crippen LogP) is 3.91. The summed E-state index contributed by atoms with van der Waals surface area (Å²) in [5, 5.41) is 5.72. The second kappa shape index (κ2) is 7.19. The van der Waals surface area contributed by atoms with Crippen molar-refractivity contribution in [3.63, 3.8) is 0 Å². The van der Waals surface area contributed by atoms with Crippen molar-refractivity contribution in [1.82, 2.24) is 14.9 Å². The molecule has 1 amide bonds. The lowest BCUT2D eigenvalue weighted by molar-refractivity contribution is -0.120. The molecule has 0 saturated carbocycles. The smallest absolute Gasteiger partial charge is 0.233 e.